The van der Waals surface area contributed by atoms with Crippen LogP contribution in [0, 0.1) is 10.1 Å². The van der Waals surface area contributed by atoms with E-state index in [9.17, 15) is 14.9 Å². The molecule has 0 amide bonds. The molecule has 0 radical (unpaired) electrons. The normalized spacial score (nSPS) is 19.5. The molecule has 1 saturated heterocycles. The van der Waals surface area contributed by atoms with Crippen LogP contribution in [-0.4, -0.2) is 51.7 Å². The largest absolute Gasteiger partial charge is 0.445 e. The van der Waals surface area contributed by atoms with E-state index in [0.29, 0.717) is 18.4 Å². The van der Waals surface area contributed by atoms with Crippen molar-refractivity contribution in [2.45, 2.75) is 57.1 Å². The number of nitrogens with zero attached hydrogens (tertiary/aromatic N) is 1. The zero-order chi connectivity index (χ0) is 37.5. The quantitative estimate of drug-likeness (QED) is 0.0547. The van der Waals surface area contributed by atoms with E-state index >= 15 is 0 Å². The first-order valence-corrected chi connectivity index (χ1v) is 18.6. The van der Waals surface area contributed by atoms with E-state index in [1.807, 2.05) is 121 Å². The van der Waals surface area contributed by atoms with Crippen LogP contribution in [0.4, 0.5) is 5.69 Å². The maximum Gasteiger partial charge on any atom is 0.269 e. The van der Waals surface area contributed by atoms with Gasteiger partial charge in [-0.2, -0.15) is 0 Å². The molecule has 0 unspecified atom stereocenters. The minimum atomic E-state index is -1.14. The lowest BCUT2D eigenvalue weighted by Crippen LogP contribution is -2.62. The number of benzene rings is 5. The number of nitro benzene ring substituents is 1. The van der Waals surface area contributed by atoms with Crippen molar-refractivity contribution in [1.82, 2.24) is 0 Å². The summed E-state index contributed by atoms with van der Waals surface area (Å²) in [6.45, 7) is 1.15. The summed E-state index contributed by atoms with van der Waals surface area (Å²) in [5.74, 6) is 0. The summed E-state index contributed by atoms with van der Waals surface area (Å²) in [6.07, 6.45) is -4.17. The van der Waals surface area contributed by atoms with Crippen molar-refractivity contribution in [1.29, 1.82) is 0 Å². The van der Waals surface area contributed by atoms with E-state index in [2.05, 4.69) is 0 Å². The van der Waals surface area contributed by atoms with Crippen molar-refractivity contribution in [2.75, 3.05) is 6.61 Å². The van der Waals surface area contributed by atoms with Crippen LogP contribution in [-0.2, 0) is 54.8 Å². The summed E-state index contributed by atoms with van der Waals surface area (Å²) < 4.78 is 39.0. The molecule has 10 nitrogen and oxygen atoms in total. The van der Waals surface area contributed by atoms with Crippen LogP contribution in [0.25, 0.3) is 0 Å². The lowest BCUT2D eigenvalue weighted by molar-refractivity contribution is -0.384. The molecule has 1 aliphatic heterocycles. The number of hydrogen-bond donors (Lipinski definition) is 0. The molecule has 0 aromatic heterocycles. The number of thiocarbonyl (C=S) groups is 1. The Balaban J connectivity index is 1.29. The Hall–Kier alpha value is -4.79. The minimum Gasteiger partial charge on any atom is -0.445 e. The number of nitro groups is 1. The molecule has 0 N–H and O–H groups in total. The number of carbonyl (C=O) groups is 1. The molecule has 0 spiro atoms. The van der Waals surface area contributed by atoms with Crippen molar-refractivity contribution in [2.24, 2.45) is 0 Å². The van der Waals surface area contributed by atoms with E-state index in [0.717, 1.165) is 22.3 Å². The van der Waals surface area contributed by atoms with Gasteiger partial charge in [0.05, 0.1) is 38.0 Å². The third-order valence-corrected chi connectivity index (χ3v) is 9.57. The van der Waals surface area contributed by atoms with Crippen LogP contribution in [0.5, 0.6) is 0 Å². The molecule has 0 aliphatic carbocycles. The SMILES string of the molecule is O=C(SC(=S)O[C@@H]1O[C@H](COCc2ccccc2)[C@H](OCc2ccccc2)[C@H](OCc2ccccc2)[C@H]1OCc1ccccc1)c1ccc([N+](=O)[O-])cc1. The van der Waals surface area contributed by atoms with Crippen molar-refractivity contribution >= 4 is 39.2 Å². The highest BCUT2D eigenvalue weighted by Crippen LogP contribution is 2.33. The Bertz CT molecular complexity index is 1920. The second-order valence-electron chi connectivity index (χ2n) is 12.4. The highest BCUT2D eigenvalue weighted by Gasteiger charge is 2.50. The van der Waals surface area contributed by atoms with E-state index in [-0.39, 0.29) is 42.1 Å². The molecule has 278 valence electrons. The fourth-order valence-corrected chi connectivity index (χ4v) is 6.68. The van der Waals surface area contributed by atoms with E-state index in [1.54, 1.807) is 0 Å². The predicted molar refractivity (Wildman–Crippen MR) is 209 cm³/mol. The van der Waals surface area contributed by atoms with Crippen molar-refractivity contribution in [3.63, 3.8) is 0 Å². The van der Waals surface area contributed by atoms with E-state index < -0.39 is 40.7 Å². The Kier molecular flexibility index (Phi) is 14.4. The third-order valence-electron chi connectivity index (χ3n) is 8.54. The number of rotatable bonds is 16. The maximum absolute atomic E-state index is 13.2. The van der Waals surface area contributed by atoms with Gasteiger partial charge in [-0.25, -0.2) is 0 Å². The van der Waals surface area contributed by atoms with Crippen LogP contribution >= 0.6 is 24.0 Å². The van der Waals surface area contributed by atoms with Crippen molar-refractivity contribution < 1.29 is 38.1 Å². The van der Waals surface area contributed by atoms with Gasteiger partial charge in [-0.3, -0.25) is 14.9 Å². The Morgan fingerprint density at radius 3 is 1.56 bits per heavy atom. The van der Waals surface area contributed by atoms with Gasteiger partial charge in [0.2, 0.25) is 15.8 Å². The lowest BCUT2D eigenvalue weighted by Gasteiger charge is -2.45. The average Bonchev–Trinajstić information content (AvgIpc) is 3.20. The summed E-state index contributed by atoms with van der Waals surface area (Å²) >= 11 is 6.27. The van der Waals surface area contributed by atoms with Crippen LogP contribution in [0.15, 0.2) is 146 Å². The second kappa shape index (κ2) is 20.0. The van der Waals surface area contributed by atoms with Crippen LogP contribution < -0.4 is 0 Å². The third kappa shape index (κ3) is 11.4. The summed E-state index contributed by atoms with van der Waals surface area (Å²) in [5.41, 5.74) is 3.91. The Morgan fingerprint density at radius 2 is 1.07 bits per heavy atom. The second-order valence-corrected chi connectivity index (χ2v) is 14.0. The van der Waals surface area contributed by atoms with Gasteiger partial charge in [-0.05, 0) is 46.6 Å². The monoisotopic (exact) mass is 765 g/mol. The molecule has 1 fully saturated rings. The Labute approximate surface area is 323 Å². The topological polar surface area (TPSA) is 116 Å². The van der Waals surface area contributed by atoms with E-state index in [4.69, 9.17) is 40.6 Å². The molecule has 1 aliphatic rings. The molecule has 5 aromatic rings. The Morgan fingerprint density at radius 1 is 0.630 bits per heavy atom. The zero-order valence-corrected chi connectivity index (χ0v) is 30.8. The number of ether oxygens (including phenoxy) is 6. The molecule has 0 bridgehead atoms. The minimum absolute atomic E-state index is 0.118. The fraction of sp³-hybridized carbons (Fsp3) is 0.238. The van der Waals surface area contributed by atoms with Crippen LogP contribution in [0.1, 0.15) is 32.6 Å². The van der Waals surface area contributed by atoms with Gasteiger partial charge in [0, 0.05) is 29.5 Å². The molecular formula is C42H39NO9S2. The first kappa shape index (κ1) is 38.9. The average molecular weight is 766 g/mol. The van der Waals surface area contributed by atoms with Gasteiger partial charge in [0.15, 0.2) is 0 Å². The number of thioether (sulfide) groups is 1. The molecule has 6 rings (SSSR count). The van der Waals surface area contributed by atoms with Crippen LogP contribution in [0.3, 0.4) is 0 Å². The highest BCUT2D eigenvalue weighted by atomic mass is 32.2. The van der Waals surface area contributed by atoms with Gasteiger partial charge in [-0.1, -0.05) is 121 Å². The molecule has 1 heterocycles. The fourth-order valence-electron chi connectivity index (χ4n) is 5.81. The summed E-state index contributed by atoms with van der Waals surface area (Å²) in [4.78, 5) is 23.8. The number of hydrogen-bond acceptors (Lipinski definition) is 11. The summed E-state index contributed by atoms with van der Waals surface area (Å²) in [5, 5.41) is 10.7. The molecule has 0 saturated carbocycles. The highest BCUT2D eigenvalue weighted by molar-refractivity contribution is 8.32. The molecule has 54 heavy (non-hydrogen) atoms. The van der Waals surface area contributed by atoms with Crippen molar-refractivity contribution in [3.05, 3.63) is 184 Å². The van der Waals surface area contributed by atoms with Gasteiger partial charge in [0.25, 0.3) is 5.69 Å². The number of non-ortho nitro benzene ring substituents is 1. The molecule has 12 heteroatoms. The van der Waals surface area contributed by atoms with Gasteiger partial charge in [0.1, 0.15) is 24.4 Å². The summed E-state index contributed by atoms with van der Waals surface area (Å²) in [7, 11) is 0. The standard InChI is InChI=1S/C42H39NO9S2/c44-40(34-21-23-35(24-22-34)43(45)46)54-42(53)52-41-39(50-28-33-19-11-4-12-20-33)38(49-27-32-17-9-3-10-18-32)37(48-26-31-15-7-2-8-16-31)36(51-41)29-47-25-30-13-5-1-6-14-30/h1-24,36-39,41H,25-29H2/t36-,37+,38+,39-,41+/m1/s1. The lowest BCUT2D eigenvalue weighted by atomic mass is 9.97. The molecular weight excluding hydrogens is 727 g/mol. The first-order valence-electron chi connectivity index (χ1n) is 17.3. The maximum atomic E-state index is 13.2. The van der Waals surface area contributed by atoms with Crippen molar-refractivity contribution in [3.8, 4) is 0 Å². The summed E-state index contributed by atoms with van der Waals surface area (Å²) in [6, 6.07) is 44.4. The molecule has 5 aromatic carbocycles. The molecule has 5 atom stereocenters. The predicted octanol–water partition coefficient (Wildman–Crippen LogP) is 8.47. The number of carbonyl (C=O) groups excluding carboxylic acids is 1. The smallest absolute Gasteiger partial charge is 0.269 e. The van der Waals surface area contributed by atoms with Gasteiger partial charge < -0.3 is 28.4 Å². The van der Waals surface area contributed by atoms with E-state index in [1.165, 1.54) is 24.3 Å². The zero-order valence-electron chi connectivity index (χ0n) is 29.2. The first-order chi connectivity index (χ1) is 26.4. The van der Waals surface area contributed by atoms with Gasteiger partial charge in [-0.15, -0.1) is 0 Å². The van der Waals surface area contributed by atoms with Crippen LogP contribution in [0.2, 0.25) is 0 Å². The van der Waals surface area contributed by atoms with Gasteiger partial charge >= 0.3 is 0 Å².